The number of hydrogen-bond acceptors (Lipinski definition) is 6. The summed E-state index contributed by atoms with van der Waals surface area (Å²) in [5.74, 6) is -0.141. The highest BCUT2D eigenvalue weighted by Crippen LogP contribution is 2.39. The van der Waals surface area contributed by atoms with Crippen molar-refractivity contribution in [1.82, 2.24) is 15.2 Å². The molecule has 3 unspecified atom stereocenters. The summed E-state index contributed by atoms with van der Waals surface area (Å²) in [6.07, 6.45) is 9.99. The molecule has 2 fully saturated rings. The van der Waals surface area contributed by atoms with Crippen LogP contribution in [0.1, 0.15) is 83.5 Å². The summed E-state index contributed by atoms with van der Waals surface area (Å²) in [7, 11) is 0. The predicted octanol–water partition coefficient (Wildman–Crippen LogP) is 6.98. The maximum Gasteiger partial charge on any atom is 0.253 e. The van der Waals surface area contributed by atoms with Gasteiger partial charge in [0.25, 0.3) is 5.91 Å². The second-order valence-corrected chi connectivity index (χ2v) is 12.2. The van der Waals surface area contributed by atoms with Gasteiger partial charge in [0.15, 0.2) is 6.29 Å². The highest BCUT2D eigenvalue weighted by atomic mass is 16.7. The number of nitrogens with zero attached hydrogens (tertiary/aromatic N) is 2. The average Bonchev–Trinajstić information content (AvgIpc) is 3.09. The standard InChI is InChI=1S/C38H43N3O4/c42-27-28-11-13-31(14-12-28)36-23-35(26-41-20-4-2-1-3-5-21-41)44-38(45-36)32-17-15-30(16-18-32)33-9-6-8-29(22-33)24-40-37(43)34-10-7-19-39-25-34/h6-19,22,25,35-36,38,42H,1-5,20-21,23-24,26-27H2,(H,40,43). The molecule has 7 heteroatoms. The molecule has 45 heavy (non-hydrogen) atoms. The second kappa shape index (κ2) is 15.4. The van der Waals surface area contributed by atoms with E-state index in [-0.39, 0.29) is 24.7 Å². The van der Waals surface area contributed by atoms with Gasteiger partial charge in [0.05, 0.1) is 24.4 Å². The molecule has 0 aliphatic carbocycles. The van der Waals surface area contributed by atoms with Crippen LogP contribution >= 0.6 is 0 Å². The molecule has 3 aromatic carbocycles. The third kappa shape index (κ3) is 8.44. The van der Waals surface area contributed by atoms with E-state index < -0.39 is 6.29 Å². The largest absolute Gasteiger partial charge is 0.392 e. The van der Waals surface area contributed by atoms with E-state index >= 15 is 0 Å². The molecule has 0 radical (unpaired) electrons. The fraction of sp³-hybridized carbons (Fsp3) is 0.368. The molecule has 234 valence electrons. The summed E-state index contributed by atoms with van der Waals surface area (Å²) in [5.41, 5.74) is 6.74. The number of aliphatic hydroxyl groups excluding tert-OH is 1. The lowest BCUT2D eigenvalue weighted by Crippen LogP contribution is -2.40. The maximum atomic E-state index is 12.5. The number of rotatable bonds is 9. The van der Waals surface area contributed by atoms with Gasteiger partial charge in [0.1, 0.15) is 0 Å². The summed E-state index contributed by atoms with van der Waals surface area (Å²) >= 11 is 0. The Kier molecular flexibility index (Phi) is 10.7. The number of aliphatic hydroxyl groups is 1. The lowest BCUT2D eigenvalue weighted by Gasteiger charge is -2.38. The van der Waals surface area contributed by atoms with E-state index in [1.807, 2.05) is 24.3 Å². The Labute approximate surface area is 266 Å². The molecular formula is C38H43N3O4. The highest BCUT2D eigenvalue weighted by Gasteiger charge is 2.33. The number of likely N-dealkylation sites (tertiary alicyclic amines) is 1. The first-order valence-electron chi connectivity index (χ1n) is 16.2. The summed E-state index contributed by atoms with van der Waals surface area (Å²) < 4.78 is 13.3. The maximum absolute atomic E-state index is 12.5. The molecule has 0 bridgehead atoms. The first-order valence-corrected chi connectivity index (χ1v) is 16.2. The Morgan fingerprint density at radius 3 is 2.31 bits per heavy atom. The molecule has 3 atom stereocenters. The molecule has 2 aliphatic heterocycles. The molecule has 2 aliphatic rings. The zero-order chi connectivity index (χ0) is 30.8. The number of amides is 1. The SMILES string of the molecule is O=C(NCc1cccc(-c2ccc(C3OC(CN4CCCCCCC4)CC(c4ccc(CO)cc4)O3)cc2)c1)c1cccnc1. The molecule has 6 rings (SSSR count). The van der Waals surface area contributed by atoms with Gasteiger partial charge in [-0.15, -0.1) is 0 Å². The lowest BCUT2D eigenvalue weighted by molar-refractivity contribution is -0.253. The smallest absolute Gasteiger partial charge is 0.253 e. The number of benzene rings is 3. The summed E-state index contributed by atoms with van der Waals surface area (Å²) in [6.45, 7) is 3.63. The Morgan fingerprint density at radius 1 is 0.822 bits per heavy atom. The van der Waals surface area contributed by atoms with Crippen LogP contribution < -0.4 is 5.32 Å². The summed E-state index contributed by atoms with van der Waals surface area (Å²) in [4.78, 5) is 19.1. The number of nitrogens with one attached hydrogen (secondary N) is 1. The van der Waals surface area contributed by atoms with E-state index in [2.05, 4.69) is 63.7 Å². The molecular weight excluding hydrogens is 562 g/mol. The van der Waals surface area contributed by atoms with Gasteiger partial charge < -0.3 is 24.8 Å². The van der Waals surface area contributed by atoms with Gasteiger partial charge in [-0.1, -0.05) is 86.0 Å². The van der Waals surface area contributed by atoms with Crippen LogP contribution in [0, 0.1) is 0 Å². The predicted molar refractivity (Wildman–Crippen MR) is 175 cm³/mol. The normalized spacial score (nSPS) is 21.0. The number of aromatic nitrogens is 1. The minimum absolute atomic E-state index is 0.0322. The first-order chi connectivity index (χ1) is 22.1. The van der Waals surface area contributed by atoms with Crippen LogP contribution in [-0.2, 0) is 22.6 Å². The van der Waals surface area contributed by atoms with E-state index in [1.165, 1.54) is 32.1 Å². The first kappa shape index (κ1) is 31.1. The van der Waals surface area contributed by atoms with Crippen molar-refractivity contribution >= 4 is 5.91 Å². The van der Waals surface area contributed by atoms with Crippen molar-refractivity contribution in [1.29, 1.82) is 0 Å². The highest BCUT2D eigenvalue weighted by molar-refractivity contribution is 5.93. The van der Waals surface area contributed by atoms with Crippen molar-refractivity contribution in [2.75, 3.05) is 19.6 Å². The van der Waals surface area contributed by atoms with Crippen molar-refractivity contribution in [3.05, 3.63) is 125 Å². The fourth-order valence-electron chi connectivity index (χ4n) is 6.29. The molecule has 0 spiro atoms. The van der Waals surface area contributed by atoms with Gasteiger partial charge in [0, 0.05) is 37.5 Å². The van der Waals surface area contributed by atoms with E-state index in [4.69, 9.17) is 9.47 Å². The van der Waals surface area contributed by atoms with Crippen molar-refractivity contribution in [3.63, 3.8) is 0 Å². The van der Waals surface area contributed by atoms with Gasteiger partial charge in [-0.05, 0) is 71.9 Å². The molecule has 4 aromatic rings. The van der Waals surface area contributed by atoms with Crippen LogP contribution in [-0.4, -0.2) is 46.6 Å². The van der Waals surface area contributed by atoms with Gasteiger partial charge in [0.2, 0.25) is 0 Å². The minimum atomic E-state index is -0.468. The third-order valence-electron chi connectivity index (χ3n) is 8.85. The fourth-order valence-corrected chi connectivity index (χ4v) is 6.29. The van der Waals surface area contributed by atoms with Gasteiger partial charge in [-0.25, -0.2) is 0 Å². The number of hydrogen-bond donors (Lipinski definition) is 2. The van der Waals surface area contributed by atoms with E-state index in [0.717, 1.165) is 59.4 Å². The van der Waals surface area contributed by atoms with E-state index in [1.54, 1.807) is 24.5 Å². The van der Waals surface area contributed by atoms with Gasteiger partial charge in [-0.2, -0.15) is 0 Å². The van der Waals surface area contributed by atoms with Gasteiger partial charge in [-0.3, -0.25) is 9.78 Å². The topological polar surface area (TPSA) is 83.9 Å². The molecule has 3 heterocycles. The summed E-state index contributed by atoms with van der Waals surface area (Å²) in [6, 6.07) is 28.3. The summed E-state index contributed by atoms with van der Waals surface area (Å²) in [5, 5.41) is 12.5. The number of carbonyl (C=O) groups is 1. The van der Waals surface area contributed by atoms with Crippen LogP contribution in [0.5, 0.6) is 0 Å². The Bertz CT molecular complexity index is 1500. The Hall–Kier alpha value is -3.88. The van der Waals surface area contributed by atoms with Crippen LogP contribution in [0.3, 0.4) is 0 Å². The number of carbonyl (C=O) groups excluding carboxylic acids is 1. The van der Waals surface area contributed by atoms with E-state index in [0.29, 0.717) is 12.1 Å². The van der Waals surface area contributed by atoms with Crippen LogP contribution in [0.25, 0.3) is 11.1 Å². The van der Waals surface area contributed by atoms with Crippen molar-refractivity contribution < 1.29 is 19.4 Å². The van der Waals surface area contributed by atoms with Crippen molar-refractivity contribution in [3.8, 4) is 11.1 Å². The molecule has 0 saturated carbocycles. The molecule has 1 aromatic heterocycles. The van der Waals surface area contributed by atoms with Crippen LogP contribution in [0.15, 0.2) is 97.3 Å². The van der Waals surface area contributed by atoms with Crippen LogP contribution in [0.2, 0.25) is 0 Å². The monoisotopic (exact) mass is 605 g/mol. The quantitative estimate of drug-likeness (QED) is 0.214. The average molecular weight is 606 g/mol. The molecule has 1 amide bonds. The molecule has 7 nitrogen and oxygen atoms in total. The molecule has 2 saturated heterocycles. The van der Waals surface area contributed by atoms with Crippen LogP contribution in [0.4, 0.5) is 0 Å². The second-order valence-electron chi connectivity index (χ2n) is 12.2. The Morgan fingerprint density at radius 2 is 1.58 bits per heavy atom. The molecule has 2 N–H and O–H groups in total. The van der Waals surface area contributed by atoms with Crippen molar-refractivity contribution in [2.24, 2.45) is 0 Å². The zero-order valence-electron chi connectivity index (χ0n) is 25.8. The minimum Gasteiger partial charge on any atom is -0.392 e. The lowest BCUT2D eigenvalue weighted by atomic mass is 9.98. The zero-order valence-corrected chi connectivity index (χ0v) is 25.8. The third-order valence-corrected chi connectivity index (χ3v) is 8.85. The number of ether oxygens (including phenoxy) is 2. The number of pyridine rings is 1. The van der Waals surface area contributed by atoms with Crippen molar-refractivity contribution in [2.45, 2.75) is 70.2 Å². The Balaban J connectivity index is 1.15. The van der Waals surface area contributed by atoms with Gasteiger partial charge >= 0.3 is 0 Å². The van der Waals surface area contributed by atoms with E-state index in [9.17, 15) is 9.90 Å².